The molecule has 13 heavy (non-hydrogen) atoms. The van der Waals surface area contributed by atoms with Crippen LogP contribution in [0.2, 0.25) is 0 Å². The Hall–Kier alpha value is -0.850. The molecule has 0 bridgehead atoms. The number of hydrogen-bond donors (Lipinski definition) is 1. The zero-order chi connectivity index (χ0) is 9.73. The van der Waals surface area contributed by atoms with E-state index >= 15 is 0 Å². The first-order valence-electron chi connectivity index (χ1n) is 4.55. The molecule has 1 saturated carbocycles. The van der Waals surface area contributed by atoms with Gasteiger partial charge in [-0.25, -0.2) is 0 Å². The summed E-state index contributed by atoms with van der Waals surface area (Å²) in [4.78, 5) is 0. The summed E-state index contributed by atoms with van der Waals surface area (Å²) in [5.41, 5.74) is -0.483. The molecule has 0 aliphatic heterocycles. The molecule has 1 N–H and O–H groups in total. The average Bonchev–Trinajstić information content (AvgIpc) is 2.96. The molecule has 1 aliphatic carbocycles. The van der Waals surface area contributed by atoms with E-state index in [0.29, 0.717) is 19.1 Å². The molecule has 0 aromatic heterocycles. The van der Waals surface area contributed by atoms with Crippen LogP contribution < -0.4 is 5.32 Å². The number of nitriles is 1. The van der Waals surface area contributed by atoms with Crippen LogP contribution in [0.3, 0.4) is 0 Å². The van der Waals surface area contributed by atoms with Crippen LogP contribution in [0.15, 0.2) is 12.7 Å². The molecule has 3 heteroatoms. The molecule has 0 saturated heterocycles. The van der Waals surface area contributed by atoms with E-state index in [9.17, 15) is 0 Å². The van der Waals surface area contributed by atoms with Crippen LogP contribution in [-0.4, -0.2) is 25.8 Å². The molecule has 0 radical (unpaired) electrons. The lowest BCUT2D eigenvalue weighted by Crippen LogP contribution is -2.49. The van der Waals surface area contributed by atoms with Crippen LogP contribution in [0, 0.1) is 17.2 Å². The maximum atomic E-state index is 9.12. The zero-order valence-corrected chi connectivity index (χ0v) is 8.05. The smallest absolute Gasteiger partial charge is 0.133 e. The molecule has 0 amide bonds. The molecular weight excluding hydrogens is 164 g/mol. The molecule has 0 aromatic rings. The first kappa shape index (κ1) is 10.2. The van der Waals surface area contributed by atoms with Crippen LogP contribution in [0.25, 0.3) is 0 Å². The molecule has 1 unspecified atom stereocenters. The van der Waals surface area contributed by atoms with E-state index in [-0.39, 0.29) is 0 Å². The van der Waals surface area contributed by atoms with Crippen molar-refractivity contribution in [2.45, 2.75) is 18.4 Å². The number of rotatable bonds is 6. The minimum absolute atomic E-state index is 0.456. The Balaban J connectivity index is 2.58. The normalized spacial score (nSPS) is 20.3. The summed E-state index contributed by atoms with van der Waals surface area (Å²) in [5, 5.41) is 12.3. The van der Waals surface area contributed by atoms with Gasteiger partial charge in [0.15, 0.2) is 0 Å². The average molecular weight is 180 g/mol. The van der Waals surface area contributed by atoms with Crippen LogP contribution in [0.1, 0.15) is 12.8 Å². The summed E-state index contributed by atoms with van der Waals surface area (Å²) in [7, 11) is 1.63. The fourth-order valence-electron chi connectivity index (χ4n) is 1.53. The summed E-state index contributed by atoms with van der Waals surface area (Å²) in [5.74, 6) is 0.456. The highest BCUT2D eigenvalue weighted by Crippen LogP contribution is 2.39. The second-order valence-electron chi connectivity index (χ2n) is 3.46. The minimum atomic E-state index is -0.483. The van der Waals surface area contributed by atoms with Crippen LogP contribution in [-0.2, 0) is 4.74 Å². The van der Waals surface area contributed by atoms with Gasteiger partial charge in [0.1, 0.15) is 5.54 Å². The third kappa shape index (κ3) is 2.30. The lowest BCUT2D eigenvalue weighted by atomic mass is 9.96. The number of hydrogen-bond acceptors (Lipinski definition) is 3. The predicted octanol–water partition coefficient (Wildman–Crippen LogP) is 1.08. The van der Waals surface area contributed by atoms with E-state index in [1.807, 2.05) is 0 Å². The van der Waals surface area contributed by atoms with Crippen molar-refractivity contribution in [3.8, 4) is 6.07 Å². The first-order valence-corrected chi connectivity index (χ1v) is 4.55. The third-order valence-electron chi connectivity index (χ3n) is 2.41. The zero-order valence-electron chi connectivity index (χ0n) is 8.05. The third-order valence-corrected chi connectivity index (χ3v) is 2.41. The lowest BCUT2D eigenvalue weighted by molar-refractivity contribution is 0.128. The molecule has 1 atom stereocenters. The van der Waals surface area contributed by atoms with Gasteiger partial charge in [0, 0.05) is 13.7 Å². The second-order valence-corrected chi connectivity index (χ2v) is 3.46. The highest BCUT2D eigenvalue weighted by molar-refractivity contribution is 5.15. The number of nitrogens with zero attached hydrogens (tertiary/aromatic N) is 1. The second kappa shape index (κ2) is 4.40. The molecular formula is C10H16N2O. The lowest BCUT2D eigenvalue weighted by Gasteiger charge is -2.26. The van der Waals surface area contributed by atoms with Gasteiger partial charge in [0.05, 0.1) is 12.7 Å². The highest BCUT2D eigenvalue weighted by atomic mass is 16.5. The van der Waals surface area contributed by atoms with E-state index in [1.54, 1.807) is 13.2 Å². The molecule has 72 valence electrons. The highest BCUT2D eigenvalue weighted by Gasteiger charge is 2.45. The Labute approximate surface area is 79.4 Å². The summed E-state index contributed by atoms with van der Waals surface area (Å²) in [6, 6.07) is 2.33. The molecule has 0 spiro atoms. The molecule has 1 rings (SSSR count). The molecule has 1 fully saturated rings. The van der Waals surface area contributed by atoms with Gasteiger partial charge in [-0.05, 0) is 18.8 Å². The van der Waals surface area contributed by atoms with Gasteiger partial charge in [-0.2, -0.15) is 5.26 Å². The molecule has 1 aliphatic rings. The summed E-state index contributed by atoms with van der Waals surface area (Å²) >= 11 is 0. The minimum Gasteiger partial charge on any atom is -0.382 e. The molecule has 3 nitrogen and oxygen atoms in total. The van der Waals surface area contributed by atoms with E-state index in [0.717, 1.165) is 12.8 Å². The van der Waals surface area contributed by atoms with Gasteiger partial charge in [-0.1, -0.05) is 6.08 Å². The van der Waals surface area contributed by atoms with Crippen molar-refractivity contribution < 1.29 is 4.74 Å². The topological polar surface area (TPSA) is 45.0 Å². The van der Waals surface area contributed by atoms with Crippen molar-refractivity contribution in [2.75, 3.05) is 20.3 Å². The Bertz CT molecular complexity index is 217. The standard InChI is InChI=1S/C10H16N2O/c1-3-6-12-10(7-11,8-13-2)9-4-5-9/h3,9,12H,1,4-6,8H2,2H3. The quantitative estimate of drug-likeness (QED) is 0.622. The van der Waals surface area contributed by atoms with Crippen molar-refractivity contribution in [3.05, 3.63) is 12.7 Å². The van der Waals surface area contributed by atoms with Gasteiger partial charge in [-0.15, -0.1) is 6.58 Å². The number of nitrogens with one attached hydrogen (secondary N) is 1. The summed E-state index contributed by atoms with van der Waals surface area (Å²) in [6.45, 7) is 4.75. The van der Waals surface area contributed by atoms with E-state index in [4.69, 9.17) is 10.00 Å². The number of ether oxygens (including phenoxy) is 1. The predicted molar refractivity (Wildman–Crippen MR) is 51.1 cm³/mol. The van der Waals surface area contributed by atoms with Crippen LogP contribution >= 0.6 is 0 Å². The number of methoxy groups -OCH3 is 1. The van der Waals surface area contributed by atoms with Crippen molar-refractivity contribution >= 4 is 0 Å². The largest absolute Gasteiger partial charge is 0.382 e. The van der Waals surface area contributed by atoms with Crippen molar-refractivity contribution in [1.29, 1.82) is 5.26 Å². The fraction of sp³-hybridized carbons (Fsp3) is 0.700. The SMILES string of the molecule is C=CCNC(C#N)(COC)C1CC1. The van der Waals surface area contributed by atoms with E-state index in [1.165, 1.54) is 0 Å². The Kier molecular flexibility index (Phi) is 3.47. The van der Waals surface area contributed by atoms with Crippen molar-refractivity contribution in [3.63, 3.8) is 0 Å². The van der Waals surface area contributed by atoms with Gasteiger partial charge >= 0.3 is 0 Å². The van der Waals surface area contributed by atoms with Gasteiger partial charge in [0.2, 0.25) is 0 Å². The van der Waals surface area contributed by atoms with Gasteiger partial charge in [-0.3, -0.25) is 5.32 Å². The maximum absolute atomic E-state index is 9.12. The Morgan fingerprint density at radius 1 is 1.77 bits per heavy atom. The summed E-state index contributed by atoms with van der Waals surface area (Å²) < 4.78 is 5.08. The van der Waals surface area contributed by atoms with Crippen LogP contribution in [0.4, 0.5) is 0 Å². The monoisotopic (exact) mass is 180 g/mol. The van der Waals surface area contributed by atoms with Crippen LogP contribution in [0.5, 0.6) is 0 Å². The fourth-order valence-corrected chi connectivity index (χ4v) is 1.53. The van der Waals surface area contributed by atoms with Gasteiger partial charge in [0.25, 0.3) is 0 Å². The van der Waals surface area contributed by atoms with Gasteiger partial charge < -0.3 is 4.74 Å². The Morgan fingerprint density at radius 2 is 2.46 bits per heavy atom. The van der Waals surface area contributed by atoms with E-state index < -0.39 is 5.54 Å². The van der Waals surface area contributed by atoms with E-state index in [2.05, 4.69) is 18.0 Å². The first-order chi connectivity index (χ1) is 6.29. The Morgan fingerprint density at radius 3 is 2.85 bits per heavy atom. The molecule has 0 aromatic carbocycles. The van der Waals surface area contributed by atoms with Crippen molar-refractivity contribution in [1.82, 2.24) is 5.32 Å². The molecule has 0 heterocycles. The van der Waals surface area contributed by atoms with Crippen molar-refractivity contribution in [2.24, 2.45) is 5.92 Å². The maximum Gasteiger partial charge on any atom is 0.133 e. The summed E-state index contributed by atoms with van der Waals surface area (Å²) in [6.07, 6.45) is 4.02.